The Balaban J connectivity index is 1.46. The van der Waals surface area contributed by atoms with Gasteiger partial charge < -0.3 is 9.80 Å². The molecule has 0 spiro atoms. The number of hydrogen-bond acceptors (Lipinski definition) is 5. The van der Waals surface area contributed by atoms with E-state index in [9.17, 15) is 14.4 Å². The van der Waals surface area contributed by atoms with Gasteiger partial charge in [0.15, 0.2) is 0 Å². The van der Waals surface area contributed by atoms with E-state index in [1.165, 1.54) is 0 Å². The van der Waals surface area contributed by atoms with Crippen LogP contribution in [0.15, 0.2) is 0 Å². The molecule has 0 aromatic carbocycles. The van der Waals surface area contributed by atoms with Crippen LogP contribution in [-0.2, 0) is 20.8 Å². The number of aromatic nitrogens is 2. The monoisotopic (exact) mass is 441 g/mol. The topological polar surface area (TPSA) is 86.7 Å². The van der Waals surface area contributed by atoms with Crippen molar-refractivity contribution in [3.63, 3.8) is 0 Å². The van der Waals surface area contributed by atoms with Gasteiger partial charge in [-0.05, 0) is 45.4 Å². The van der Waals surface area contributed by atoms with Crippen molar-refractivity contribution in [3.8, 4) is 0 Å². The maximum absolute atomic E-state index is 13.0. The third kappa shape index (κ3) is 4.36. The first-order valence-corrected chi connectivity index (χ1v) is 12.0. The molecule has 3 aliphatic rings. The van der Waals surface area contributed by atoms with Crippen LogP contribution >= 0.6 is 0 Å². The lowest BCUT2D eigenvalue weighted by Crippen LogP contribution is -2.49. The summed E-state index contributed by atoms with van der Waals surface area (Å²) in [5, 5.41) is 0. The third-order valence-electron chi connectivity index (χ3n) is 7.01. The summed E-state index contributed by atoms with van der Waals surface area (Å²) < 4.78 is 0. The molecule has 2 saturated heterocycles. The minimum atomic E-state index is -0.389. The Morgan fingerprint density at radius 1 is 1.00 bits per heavy atom. The third-order valence-corrected chi connectivity index (χ3v) is 7.01. The molecule has 3 aliphatic heterocycles. The standard InChI is InChI=1S/C24H35N5O3/c1-15(2)14-29-21(31)8-7-19-16(3)25-22(26-23(19)29)18-9-12-27(13-10-18)24(32)17(4)28-11-5-6-20(28)30/h15,17-18H,5-14H2,1-4H3/t17-/m1/s1. The van der Waals surface area contributed by atoms with E-state index in [0.717, 1.165) is 42.2 Å². The van der Waals surface area contributed by atoms with E-state index in [1.807, 2.05) is 23.6 Å². The van der Waals surface area contributed by atoms with Crippen LogP contribution in [0.5, 0.6) is 0 Å². The van der Waals surface area contributed by atoms with E-state index in [0.29, 0.717) is 51.4 Å². The average Bonchev–Trinajstić information content (AvgIpc) is 3.20. The normalized spacial score (nSPS) is 20.8. The Morgan fingerprint density at radius 3 is 2.34 bits per heavy atom. The summed E-state index contributed by atoms with van der Waals surface area (Å²) in [5.74, 6) is 2.37. The second-order valence-electron chi connectivity index (χ2n) is 9.83. The van der Waals surface area contributed by atoms with E-state index in [1.54, 1.807) is 4.90 Å². The van der Waals surface area contributed by atoms with Crippen molar-refractivity contribution < 1.29 is 14.4 Å². The molecule has 0 radical (unpaired) electrons. The van der Waals surface area contributed by atoms with Gasteiger partial charge in [0.2, 0.25) is 17.7 Å². The van der Waals surface area contributed by atoms with Gasteiger partial charge in [-0.25, -0.2) is 9.97 Å². The summed E-state index contributed by atoms with van der Waals surface area (Å²) in [4.78, 5) is 52.7. The van der Waals surface area contributed by atoms with Crippen molar-refractivity contribution in [1.29, 1.82) is 0 Å². The summed E-state index contributed by atoms with van der Waals surface area (Å²) >= 11 is 0. The molecule has 1 aromatic rings. The Hall–Kier alpha value is -2.51. The number of carbonyl (C=O) groups is 3. The fraction of sp³-hybridized carbons (Fsp3) is 0.708. The van der Waals surface area contributed by atoms with Crippen LogP contribution in [0.2, 0.25) is 0 Å². The summed E-state index contributed by atoms with van der Waals surface area (Å²) in [6.45, 7) is 10.7. The quantitative estimate of drug-likeness (QED) is 0.700. The summed E-state index contributed by atoms with van der Waals surface area (Å²) in [6.07, 6.45) is 4.19. The van der Waals surface area contributed by atoms with Gasteiger partial charge in [-0.3, -0.25) is 19.3 Å². The number of carbonyl (C=O) groups excluding carboxylic acids is 3. The van der Waals surface area contributed by atoms with Gasteiger partial charge in [0.25, 0.3) is 0 Å². The number of anilines is 1. The molecule has 0 aliphatic carbocycles. The molecule has 0 N–H and O–H groups in total. The van der Waals surface area contributed by atoms with Crippen molar-refractivity contribution in [2.24, 2.45) is 5.92 Å². The molecule has 0 saturated carbocycles. The molecule has 174 valence electrons. The molecule has 8 nitrogen and oxygen atoms in total. The number of amides is 3. The predicted molar refractivity (Wildman–Crippen MR) is 121 cm³/mol. The molecule has 4 rings (SSSR count). The fourth-order valence-corrected chi connectivity index (χ4v) is 5.17. The summed E-state index contributed by atoms with van der Waals surface area (Å²) in [7, 11) is 0. The smallest absolute Gasteiger partial charge is 0.245 e. The van der Waals surface area contributed by atoms with Crippen LogP contribution in [0.25, 0.3) is 0 Å². The molecule has 2 fully saturated rings. The van der Waals surface area contributed by atoms with Crippen molar-refractivity contribution >= 4 is 23.5 Å². The predicted octanol–water partition coefficient (Wildman–Crippen LogP) is 2.44. The van der Waals surface area contributed by atoms with Gasteiger partial charge in [-0.15, -0.1) is 0 Å². The molecule has 8 heteroatoms. The van der Waals surface area contributed by atoms with E-state index in [4.69, 9.17) is 9.97 Å². The molecule has 1 aromatic heterocycles. The van der Waals surface area contributed by atoms with Gasteiger partial charge in [-0.1, -0.05) is 13.8 Å². The molecule has 0 unspecified atom stereocenters. The minimum Gasteiger partial charge on any atom is -0.341 e. The lowest BCUT2D eigenvalue weighted by atomic mass is 9.94. The van der Waals surface area contributed by atoms with E-state index in [-0.39, 0.29) is 29.7 Å². The van der Waals surface area contributed by atoms with Crippen LogP contribution in [0.4, 0.5) is 5.82 Å². The van der Waals surface area contributed by atoms with Gasteiger partial charge in [-0.2, -0.15) is 0 Å². The first kappa shape index (κ1) is 22.7. The van der Waals surface area contributed by atoms with Gasteiger partial charge in [0.05, 0.1) is 0 Å². The maximum Gasteiger partial charge on any atom is 0.245 e. The first-order valence-electron chi connectivity index (χ1n) is 12.0. The van der Waals surface area contributed by atoms with Crippen molar-refractivity contribution in [1.82, 2.24) is 19.8 Å². The highest BCUT2D eigenvalue weighted by Crippen LogP contribution is 2.33. The van der Waals surface area contributed by atoms with Crippen LogP contribution in [0.1, 0.15) is 75.9 Å². The number of likely N-dealkylation sites (tertiary alicyclic amines) is 2. The average molecular weight is 442 g/mol. The summed E-state index contributed by atoms with van der Waals surface area (Å²) in [5.41, 5.74) is 2.05. The highest BCUT2D eigenvalue weighted by Gasteiger charge is 2.35. The zero-order valence-corrected chi connectivity index (χ0v) is 19.8. The Bertz CT molecular complexity index is 907. The SMILES string of the molecule is Cc1nc(C2CCN(C(=O)[C@@H](C)N3CCCC3=O)CC2)nc2c1CCC(=O)N2CC(C)C. The zero-order valence-electron chi connectivity index (χ0n) is 19.8. The van der Waals surface area contributed by atoms with Gasteiger partial charge >= 0.3 is 0 Å². The van der Waals surface area contributed by atoms with Crippen molar-refractivity contribution in [3.05, 3.63) is 17.1 Å². The largest absolute Gasteiger partial charge is 0.341 e. The molecular weight excluding hydrogens is 406 g/mol. The molecule has 0 bridgehead atoms. The number of piperidine rings is 1. The van der Waals surface area contributed by atoms with Crippen LogP contribution in [-0.4, -0.2) is 69.7 Å². The fourth-order valence-electron chi connectivity index (χ4n) is 5.17. The van der Waals surface area contributed by atoms with E-state index in [2.05, 4.69) is 13.8 Å². The Labute approximate surface area is 190 Å². The highest BCUT2D eigenvalue weighted by molar-refractivity contribution is 5.95. The van der Waals surface area contributed by atoms with Crippen molar-refractivity contribution in [2.45, 2.75) is 78.2 Å². The molecule has 3 amide bonds. The molecule has 1 atom stereocenters. The van der Waals surface area contributed by atoms with Crippen LogP contribution in [0, 0.1) is 12.8 Å². The highest BCUT2D eigenvalue weighted by atomic mass is 16.2. The lowest BCUT2D eigenvalue weighted by Gasteiger charge is -2.36. The number of fused-ring (bicyclic) bond motifs is 1. The lowest BCUT2D eigenvalue weighted by molar-refractivity contribution is -0.143. The molecule has 32 heavy (non-hydrogen) atoms. The number of aryl methyl sites for hydroxylation is 1. The second kappa shape index (κ2) is 9.16. The number of nitrogens with zero attached hydrogens (tertiary/aromatic N) is 5. The van der Waals surface area contributed by atoms with Crippen LogP contribution in [0.3, 0.4) is 0 Å². The Kier molecular flexibility index (Phi) is 6.49. The maximum atomic E-state index is 13.0. The summed E-state index contributed by atoms with van der Waals surface area (Å²) in [6, 6.07) is -0.389. The number of rotatable bonds is 5. The Morgan fingerprint density at radius 2 is 1.72 bits per heavy atom. The molecular formula is C24H35N5O3. The minimum absolute atomic E-state index is 0.0370. The van der Waals surface area contributed by atoms with Gasteiger partial charge in [0, 0.05) is 56.2 Å². The number of hydrogen-bond donors (Lipinski definition) is 0. The molecule has 4 heterocycles. The first-order chi connectivity index (χ1) is 15.3. The van der Waals surface area contributed by atoms with Gasteiger partial charge in [0.1, 0.15) is 17.7 Å². The van der Waals surface area contributed by atoms with Crippen molar-refractivity contribution in [2.75, 3.05) is 31.1 Å². The van der Waals surface area contributed by atoms with E-state index >= 15 is 0 Å². The second-order valence-corrected chi connectivity index (χ2v) is 9.83. The van der Waals surface area contributed by atoms with Crippen LogP contribution < -0.4 is 4.90 Å². The van der Waals surface area contributed by atoms with E-state index < -0.39 is 0 Å². The zero-order chi connectivity index (χ0) is 23.0.